The van der Waals surface area contributed by atoms with Crippen LogP contribution in [0.2, 0.25) is 0 Å². The van der Waals surface area contributed by atoms with Gasteiger partial charge in [-0.15, -0.1) is 0 Å². The Morgan fingerprint density at radius 2 is 1.44 bits per heavy atom. The van der Waals surface area contributed by atoms with E-state index in [0.717, 1.165) is 35.7 Å². The number of anilines is 1. The Morgan fingerprint density at radius 1 is 0.706 bits per heavy atom. The van der Waals surface area contributed by atoms with Gasteiger partial charge in [-0.25, -0.2) is 0 Å². The normalized spacial score (nSPS) is 11.4. The van der Waals surface area contributed by atoms with Crippen molar-refractivity contribution < 1.29 is 0 Å². The minimum atomic E-state index is 0.893. The van der Waals surface area contributed by atoms with Crippen LogP contribution in [-0.4, -0.2) is 27.6 Å². The van der Waals surface area contributed by atoms with E-state index in [-0.39, 0.29) is 0 Å². The van der Waals surface area contributed by atoms with Gasteiger partial charge in [0.25, 0.3) is 0 Å². The number of nitrogens with zero attached hydrogens (tertiary/aromatic N) is 4. The fourth-order valence-corrected chi connectivity index (χ4v) is 4.68. The van der Waals surface area contributed by atoms with Gasteiger partial charge in [-0.05, 0) is 61.4 Å². The summed E-state index contributed by atoms with van der Waals surface area (Å²) in [5, 5.41) is 2.43. The Labute approximate surface area is 201 Å². The molecular formula is C30H32N4. The molecule has 2 aromatic carbocycles. The summed E-state index contributed by atoms with van der Waals surface area (Å²) in [5.74, 6) is 0. The third-order valence-electron chi connectivity index (χ3n) is 6.52. The van der Waals surface area contributed by atoms with E-state index < -0.39 is 0 Å². The van der Waals surface area contributed by atoms with Crippen LogP contribution in [0.5, 0.6) is 0 Å². The Bertz CT molecular complexity index is 1360. The first-order chi connectivity index (χ1) is 16.8. The molecule has 0 atom stereocenters. The molecule has 4 nitrogen and oxygen atoms in total. The van der Waals surface area contributed by atoms with Crippen molar-refractivity contribution >= 4 is 27.5 Å². The Balaban J connectivity index is 1.58. The quantitative estimate of drug-likeness (QED) is 0.232. The van der Waals surface area contributed by atoms with Crippen LogP contribution in [0.15, 0.2) is 85.2 Å². The van der Waals surface area contributed by atoms with Crippen molar-refractivity contribution in [3.05, 3.63) is 85.2 Å². The molecule has 0 bridgehead atoms. The molecule has 4 heteroatoms. The lowest BCUT2D eigenvalue weighted by Gasteiger charge is -2.25. The molecule has 172 valence electrons. The highest BCUT2D eigenvalue weighted by molar-refractivity contribution is 6.09. The van der Waals surface area contributed by atoms with Gasteiger partial charge >= 0.3 is 0 Å². The molecule has 5 rings (SSSR count). The van der Waals surface area contributed by atoms with E-state index in [1.807, 2.05) is 30.6 Å². The number of hydrogen-bond donors (Lipinski definition) is 0. The third kappa shape index (κ3) is 4.28. The van der Waals surface area contributed by atoms with Crippen LogP contribution in [0, 0.1) is 0 Å². The van der Waals surface area contributed by atoms with E-state index in [1.54, 1.807) is 0 Å². The SMILES string of the molecule is CCCCN(CCCC)c1ccc(-n2c3ccccc3c3cc(-c4ccccn4)ncc32)cc1. The predicted molar refractivity (Wildman–Crippen MR) is 144 cm³/mol. The topological polar surface area (TPSA) is 34.0 Å². The van der Waals surface area contributed by atoms with Gasteiger partial charge in [-0.1, -0.05) is 51.0 Å². The largest absolute Gasteiger partial charge is 0.372 e. The van der Waals surface area contributed by atoms with E-state index in [9.17, 15) is 0 Å². The Hall–Kier alpha value is -3.66. The first-order valence-electron chi connectivity index (χ1n) is 12.5. The molecule has 5 aromatic rings. The second-order valence-corrected chi connectivity index (χ2v) is 8.86. The van der Waals surface area contributed by atoms with Gasteiger partial charge in [-0.3, -0.25) is 9.97 Å². The van der Waals surface area contributed by atoms with Crippen LogP contribution in [0.1, 0.15) is 39.5 Å². The highest BCUT2D eigenvalue weighted by atomic mass is 15.1. The monoisotopic (exact) mass is 448 g/mol. The molecule has 34 heavy (non-hydrogen) atoms. The third-order valence-corrected chi connectivity index (χ3v) is 6.52. The zero-order chi connectivity index (χ0) is 23.3. The lowest BCUT2D eigenvalue weighted by molar-refractivity contribution is 0.678. The lowest BCUT2D eigenvalue weighted by atomic mass is 10.1. The molecule has 0 saturated heterocycles. The number of unbranched alkanes of at least 4 members (excludes halogenated alkanes) is 2. The minimum Gasteiger partial charge on any atom is -0.372 e. The smallest absolute Gasteiger partial charge is 0.0893 e. The molecule has 3 heterocycles. The number of aromatic nitrogens is 3. The maximum Gasteiger partial charge on any atom is 0.0893 e. The van der Waals surface area contributed by atoms with Crippen LogP contribution >= 0.6 is 0 Å². The molecule has 0 spiro atoms. The lowest BCUT2D eigenvalue weighted by Crippen LogP contribution is -2.25. The van der Waals surface area contributed by atoms with E-state index in [0.29, 0.717) is 0 Å². The summed E-state index contributed by atoms with van der Waals surface area (Å²) < 4.78 is 2.33. The van der Waals surface area contributed by atoms with Gasteiger partial charge in [0.05, 0.1) is 28.6 Å². The van der Waals surface area contributed by atoms with Crippen molar-refractivity contribution in [2.45, 2.75) is 39.5 Å². The van der Waals surface area contributed by atoms with E-state index in [1.165, 1.54) is 47.7 Å². The summed E-state index contributed by atoms with van der Waals surface area (Å²) in [7, 11) is 0. The van der Waals surface area contributed by atoms with Crippen LogP contribution in [-0.2, 0) is 0 Å². The molecule has 0 unspecified atom stereocenters. The second-order valence-electron chi connectivity index (χ2n) is 8.86. The standard InChI is InChI=1S/C30H32N4/c1-3-5-19-33(20-6-4-2)23-14-16-24(17-15-23)34-29-13-8-7-11-25(29)26-21-28(32-22-30(26)34)27-12-9-10-18-31-27/h7-18,21-22H,3-6,19-20H2,1-2H3. The van der Waals surface area contributed by atoms with Crippen molar-refractivity contribution in [1.29, 1.82) is 0 Å². The van der Waals surface area contributed by atoms with Gasteiger partial charge < -0.3 is 9.47 Å². The number of benzene rings is 2. The number of pyridine rings is 2. The van der Waals surface area contributed by atoms with Gasteiger partial charge in [-0.2, -0.15) is 0 Å². The fourth-order valence-electron chi connectivity index (χ4n) is 4.68. The zero-order valence-electron chi connectivity index (χ0n) is 20.1. The first kappa shape index (κ1) is 22.1. The van der Waals surface area contributed by atoms with Crippen LogP contribution in [0.25, 0.3) is 38.9 Å². The fraction of sp³-hybridized carbons (Fsp3) is 0.267. The highest BCUT2D eigenvalue weighted by Crippen LogP contribution is 2.34. The molecule has 0 aliphatic carbocycles. The number of para-hydroxylation sites is 1. The summed E-state index contributed by atoms with van der Waals surface area (Å²) in [5.41, 5.74) is 6.57. The zero-order valence-corrected chi connectivity index (χ0v) is 20.1. The molecule has 0 aliphatic rings. The molecule has 0 aliphatic heterocycles. The highest BCUT2D eigenvalue weighted by Gasteiger charge is 2.14. The summed E-state index contributed by atoms with van der Waals surface area (Å²) in [6, 6.07) is 25.8. The van der Waals surface area contributed by atoms with Gasteiger partial charge in [0.1, 0.15) is 0 Å². The van der Waals surface area contributed by atoms with Gasteiger partial charge in [0.15, 0.2) is 0 Å². The Kier molecular flexibility index (Phi) is 6.57. The maximum absolute atomic E-state index is 4.78. The molecular weight excluding hydrogens is 416 g/mol. The second kappa shape index (κ2) is 10.1. The first-order valence-corrected chi connectivity index (χ1v) is 12.5. The molecule has 0 radical (unpaired) electrons. The molecule has 3 aromatic heterocycles. The van der Waals surface area contributed by atoms with Gasteiger partial charge in [0, 0.05) is 41.4 Å². The number of fused-ring (bicyclic) bond motifs is 3. The Morgan fingerprint density at radius 3 is 2.15 bits per heavy atom. The predicted octanol–water partition coefficient (Wildman–Crippen LogP) is 7.65. The number of rotatable bonds is 9. The molecule has 0 saturated carbocycles. The molecule has 0 N–H and O–H groups in total. The van der Waals surface area contributed by atoms with Crippen molar-refractivity contribution in [1.82, 2.24) is 14.5 Å². The average molecular weight is 449 g/mol. The summed E-state index contributed by atoms with van der Waals surface area (Å²) in [4.78, 5) is 11.8. The summed E-state index contributed by atoms with van der Waals surface area (Å²) >= 11 is 0. The minimum absolute atomic E-state index is 0.893. The molecule has 0 amide bonds. The van der Waals surface area contributed by atoms with Crippen LogP contribution in [0.4, 0.5) is 5.69 Å². The van der Waals surface area contributed by atoms with E-state index in [4.69, 9.17) is 4.98 Å². The maximum atomic E-state index is 4.78. The van der Waals surface area contributed by atoms with E-state index in [2.05, 4.69) is 82.9 Å². The number of hydrogen-bond acceptors (Lipinski definition) is 3. The molecule has 0 fully saturated rings. The van der Waals surface area contributed by atoms with Crippen molar-refractivity contribution in [3.8, 4) is 17.1 Å². The summed E-state index contributed by atoms with van der Waals surface area (Å²) in [6.07, 6.45) is 8.69. The summed E-state index contributed by atoms with van der Waals surface area (Å²) in [6.45, 7) is 6.75. The van der Waals surface area contributed by atoms with Crippen molar-refractivity contribution in [3.63, 3.8) is 0 Å². The van der Waals surface area contributed by atoms with Crippen molar-refractivity contribution in [2.75, 3.05) is 18.0 Å². The average Bonchev–Trinajstić information content (AvgIpc) is 3.23. The van der Waals surface area contributed by atoms with E-state index >= 15 is 0 Å². The van der Waals surface area contributed by atoms with Gasteiger partial charge in [0.2, 0.25) is 0 Å². The van der Waals surface area contributed by atoms with Crippen molar-refractivity contribution in [2.24, 2.45) is 0 Å². The van der Waals surface area contributed by atoms with Crippen LogP contribution < -0.4 is 4.90 Å². The van der Waals surface area contributed by atoms with Crippen LogP contribution in [0.3, 0.4) is 0 Å².